The molecule has 0 aromatic carbocycles. The van der Waals surface area contributed by atoms with E-state index in [1.54, 1.807) is 6.21 Å². The van der Waals surface area contributed by atoms with Crippen molar-refractivity contribution in [2.45, 2.75) is 57.9 Å². The number of oxime groups is 1. The van der Waals surface area contributed by atoms with E-state index in [0.29, 0.717) is 0 Å². The van der Waals surface area contributed by atoms with Gasteiger partial charge in [-0.05, 0) is 20.5 Å². The van der Waals surface area contributed by atoms with Gasteiger partial charge in [0.2, 0.25) is 0 Å². The van der Waals surface area contributed by atoms with Crippen LogP contribution in [0.25, 0.3) is 0 Å². The van der Waals surface area contributed by atoms with Crippen LogP contribution in [0.1, 0.15) is 51.9 Å². The quantitative estimate of drug-likeness (QED) is 0.277. The average molecular weight is 214 g/mol. The molecule has 0 amide bonds. The highest BCUT2D eigenvalue weighted by atomic mass is 16.4. The van der Waals surface area contributed by atoms with Gasteiger partial charge in [0.05, 0.1) is 6.21 Å². The minimum absolute atomic E-state index is 0.279. The van der Waals surface area contributed by atoms with Crippen LogP contribution in [0, 0.1) is 0 Å². The van der Waals surface area contributed by atoms with E-state index < -0.39 is 0 Å². The second-order valence-electron chi connectivity index (χ2n) is 4.35. The Bertz CT molecular complexity index is 158. The molecule has 0 saturated carbocycles. The topological polar surface area (TPSA) is 35.8 Å². The Labute approximate surface area is 94.2 Å². The smallest absolute Gasteiger partial charge is 0.0607 e. The zero-order valence-corrected chi connectivity index (χ0v) is 10.4. The molecule has 0 spiro atoms. The Hall–Kier alpha value is -0.570. The average Bonchev–Trinajstić information content (AvgIpc) is 2.21. The molecule has 0 bridgehead atoms. The molecule has 0 aliphatic carbocycles. The van der Waals surface area contributed by atoms with Gasteiger partial charge in [-0.25, -0.2) is 0 Å². The van der Waals surface area contributed by atoms with E-state index in [2.05, 4.69) is 17.0 Å². The van der Waals surface area contributed by atoms with Gasteiger partial charge in [0, 0.05) is 6.04 Å². The second kappa shape index (κ2) is 9.97. The van der Waals surface area contributed by atoms with Gasteiger partial charge in [0.25, 0.3) is 0 Å². The summed E-state index contributed by atoms with van der Waals surface area (Å²) in [5.74, 6) is 0. The number of unbranched alkanes of at least 4 members (excludes halogenated alkanes) is 5. The Morgan fingerprint density at radius 1 is 1.13 bits per heavy atom. The lowest BCUT2D eigenvalue weighted by atomic mass is 10.1. The molecule has 0 radical (unpaired) electrons. The van der Waals surface area contributed by atoms with Crippen molar-refractivity contribution in [3.05, 3.63) is 0 Å². The molecule has 0 saturated heterocycles. The van der Waals surface area contributed by atoms with Gasteiger partial charge in [0.1, 0.15) is 0 Å². The summed E-state index contributed by atoms with van der Waals surface area (Å²) in [4.78, 5) is 2.09. The molecule has 0 aliphatic heterocycles. The van der Waals surface area contributed by atoms with Gasteiger partial charge < -0.3 is 10.1 Å². The fraction of sp³-hybridized carbons (Fsp3) is 0.917. The SMILES string of the molecule is CCCCCCCCC(C=NO)N(C)C. The molecule has 3 nitrogen and oxygen atoms in total. The third-order valence-corrected chi connectivity index (χ3v) is 2.76. The lowest BCUT2D eigenvalue weighted by Gasteiger charge is -2.19. The lowest BCUT2D eigenvalue weighted by molar-refractivity contribution is 0.300. The standard InChI is InChI=1S/C12H26N2O/c1-4-5-6-7-8-9-10-12(11-13-15)14(2)3/h11-12,15H,4-10H2,1-3H3. The number of nitrogens with zero attached hydrogens (tertiary/aromatic N) is 2. The van der Waals surface area contributed by atoms with Crippen molar-refractivity contribution in [2.75, 3.05) is 14.1 Å². The first-order valence-electron chi connectivity index (χ1n) is 6.06. The molecule has 1 atom stereocenters. The summed E-state index contributed by atoms with van der Waals surface area (Å²) in [6.07, 6.45) is 10.6. The lowest BCUT2D eigenvalue weighted by Crippen LogP contribution is -2.29. The van der Waals surface area contributed by atoms with Crippen LogP contribution in [0.2, 0.25) is 0 Å². The maximum Gasteiger partial charge on any atom is 0.0607 e. The van der Waals surface area contributed by atoms with Gasteiger partial charge in [-0.1, -0.05) is 45.4 Å². The monoisotopic (exact) mass is 214 g/mol. The summed E-state index contributed by atoms with van der Waals surface area (Å²) in [7, 11) is 4.03. The van der Waals surface area contributed by atoms with Crippen LogP contribution in [-0.4, -0.2) is 36.5 Å². The van der Waals surface area contributed by atoms with Gasteiger partial charge in [0.15, 0.2) is 0 Å². The molecular weight excluding hydrogens is 188 g/mol. The van der Waals surface area contributed by atoms with Crippen LogP contribution in [0.5, 0.6) is 0 Å². The first kappa shape index (κ1) is 14.4. The zero-order valence-electron chi connectivity index (χ0n) is 10.4. The molecule has 3 heteroatoms. The summed E-state index contributed by atoms with van der Waals surface area (Å²) >= 11 is 0. The van der Waals surface area contributed by atoms with Crippen LogP contribution in [-0.2, 0) is 0 Å². The Morgan fingerprint density at radius 3 is 2.27 bits per heavy atom. The summed E-state index contributed by atoms with van der Waals surface area (Å²) < 4.78 is 0. The van der Waals surface area contributed by atoms with Crippen molar-refractivity contribution < 1.29 is 5.21 Å². The highest BCUT2D eigenvalue weighted by Crippen LogP contribution is 2.09. The van der Waals surface area contributed by atoms with Crippen LogP contribution < -0.4 is 0 Å². The fourth-order valence-corrected chi connectivity index (χ4v) is 1.68. The molecule has 0 aromatic heterocycles. The third kappa shape index (κ3) is 8.43. The van der Waals surface area contributed by atoms with E-state index in [0.717, 1.165) is 6.42 Å². The van der Waals surface area contributed by atoms with Crippen molar-refractivity contribution in [3.8, 4) is 0 Å². The first-order chi connectivity index (χ1) is 7.22. The summed E-state index contributed by atoms with van der Waals surface area (Å²) in [6, 6.07) is 0.279. The van der Waals surface area contributed by atoms with Crippen LogP contribution >= 0.6 is 0 Å². The van der Waals surface area contributed by atoms with Gasteiger partial charge in [-0.3, -0.25) is 0 Å². The van der Waals surface area contributed by atoms with Crippen LogP contribution in [0.15, 0.2) is 5.16 Å². The highest BCUT2D eigenvalue weighted by Gasteiger charge is 2.07. The van der Waals surface area contributed by atoms with E-state index in [-0.39, 0.29) is 6.04 Å². The Balaban J connectivity index is 3.45. The van der Waals surface area contributed by atoms with Crippen molar-refractivity contribution in [1.29, 1.82) is 0 Å². The van der Waals surface area contributed by atoms with Gasteiger partial charge in [-0.15, -0.1) is 5.16 Å². The molecule has 0 aromatic rings. The molecule has 0 aliphatic rings. The predicted octanol–water partition coefficient (Wildman–Crippen LogP) is 3.13. The highest BCUT2D eigenvalue weighted by molar-refractivity contribution is 5.63. The van der Waals surface area contributed by atoms with Crippen molar-refractivity contribution in [3.63, 3.8) is 0 Å². The molecule has 90 valence electrons. The molecular formula is C12H26N2O. The minimum Gasteiger partial charge on any atom is -0.411 e. The second-order valence-corrected chi connectivity index (χ2v) is 4.35. The van der Waals surface area contributed by atoms with E-state index in [9.17, 15) is 0 Å². The largest absolute Gasteiger partial charge is 0.411 e. The van der Waals surface area contributed by atoms with Crippen molar-refractivity contribution >= 4 is 6.21 Å². The maximum absolute atomic E-state index is 8.50. The first-order valence-corrected chi connectivity index (χ1v) is 6.06. The molecule has 1 unspecified atom stereocenters. The molecule has 0 heterocycles. The Morgan fingerprint density at radius 2 is 1.73 bits per heavy atom. The molecule has 1 N–H and O–H groups in total. The van der Waals surface area contributed by atoms with Crippen LogP contribution in [0.3, 0.4) is 0 Å². The summed E-state index contributed by atoms with van der Waals surface area (Å²) in [6.45, 7) is 2.24. The van der Waals surface area contributed by atoms with E-state index in [1.165, 1.54) is 38.5 Å². The number of hydrogen-bond donors (Lipinski definition) is 1. The van der Waals surface area contributed by atoms with Crippen molar-refractivity contribution in [1.82, 2.24) is 4.90 Å². The van der Waals surface area contributed by atoms with Crippen molar-refractivity contribution in [2.24, 2.45) is 5.16 Å². The van der Waals surface area contributed by atoms with E-state index in [4.69, 9.17) is 5.21 Å². The third-order valence-electron chi connectivity index (χ3n) is 2.76. The molecule has 15 heavy (non-hydrogen) atoms. The molecule has 0 fully saturated rings. The predicted molar refractivity (Wildman–Crippen MR) is 65.7 cm³/mol. The zero-order chi connectivity index (χ0) is 11.5. The summed E-state index contributed by atoms with van der Waals surface area (Å²) in [5.41, 5.74) is 0. The molecule has 0 rings (SSSR count). The van der Waals surface area contributed by atoms with Crippen LogP contribution in [0.4, 0.5) is 0 Å². The normalized spacial score (nSPS) is 13.9. The summed E-state index contributed by atoms with van der Waals surface area (Å²) in [5, 5.41) is 11.6. The number of rotatable bonds is 9. The number of hydrogen-bond acceptors (Lipinski definition) is 3. The van der Waals surface area contributed by atoms with Gasteiger partial charge in [-0.2, -0.15) is 0 Å². The van der Waals surface area contributed by atoms with Gasteiger partial charge >= 0.3 is 0 Å². The maximum atomic E-state index is 8.50. The fourth-order valence-electron chi connectivity index (χ4n) is 1.68. The van der Waals surface area contributed by atoms with E-state index >= 15 is 0 Å². The minimum atomic E-state index is 0.279. The van der Waals surface area contributed by atoms with E-state index in [1.807, 2.05) is 14.1 Å². The Kier molecular flexibility index (Phi) is 9.59.